The van der Waals surface area contributed by atoms with Crippen LogP contribution in [0.5, 0.6) is 0 Å². The minimum absolute atomic E-state index is 0.623. The lowest BCUT2D eigenvalue weighted by Crippen LogP contribution is -1.87. The van der Waals surface area contributed by atoms with E-state index >= 15 is 0 Å². The number of allylic oxidation sites excluding steroid dienone is 4. The molecule has 0 aliphatic carbocycles. The van der Waals surface area contributed by atoms with Crippen LogP contribution in [0, 0.1) is 0 Å². The Balaban J connectivity index is 5.32. The van der Waals surface area contributed by atoms with E-state index in [4.69, 9.17) is 8.22 Å². The van der Waals surface area contributed by atoms with Gasteiger partial charge in [-0.2, -0.15) is 0 Å². The van der Waals surface area contributed by atoms with Gasteiger partial charge in [-0.1, -0.05) is 11.1 Å². The Morgan fingerprint density at radius 3 is 2.10 bits per heavy atom. The topological polar surface area (TPSA) is 17.1 Å². The van der Waals surface area contributed by atoms with Gasteiger partial charge in [-0.3, -0.25) is 4.79 Å². The fourth-order valence-corrected chi connectivity index (χ4v) is 0.468. The molecule has 0 aromatic rings. The summed E-state index contributed by atoms with van der Waals surface area (Å²) in [6, 6.07) is 0. The lowest BCUT2D eigenvalue weighted by atomic mass is 10.2. The van der Waals surface area contributed by atoms with E-state index in [1.807, 2.05) is 0 Å². The second-order valence-corrected chi connectivity index (χ2v) is 2.18. The van der Waals surface area contributed by atoms with E-state index in [0.29, 0.717) is 11.6 Å². The normalized spacial score (nSPS) is 19.8. The molecule has 0 fully saturated rings. The molecule has 0 spiro atoms. The Morgan fingerprint density at radius 2 is 1.70 bits per heavy atom. The van der Waals surface area contributed by atoms with Crippen molar-refractivity contribution in [1.82, 2.24) is 0 Å². The van der Waals surface area contributed by atoms with Crippen molar-refractivity contribution in [2.45, 2.75) is 27.6 Å². The Labute approximate surface area is 70.9 Å². The fourth-order valence-electron chi connectivity index (χ4n) is 0.468. The van der Waals surface area contributed by atoms with Crippen LogP contribution < -0.4 is 0 Å². The molecule has 0 radical (unpaired) electrons. The van der Waals surface area contributed by atoms with E-state index in [0.717, 1.165) is 0 Å². The van der Waals surface area contributed by atoms with Gasteiger partial charge in [0.2, 0.25) is 0 Å². The lowest BCUT2D eigenvalue weighted by Gasteiger charge is -1.87. The zero-order valence-electron chi connectivity index (χ0n) is 12.1. The Hall–Kier alpha value is -0.850. The van der Waals surface area contributed by atoms with E-state index in [-0.39, 0.29) is 0 Å². The predicted molar refractivity (Wildman–Crippen MR) is 43.9 cm³/mol. The Morgan fingerprint density at radius 1 is 1.20 bits per heavy atom. The molecular weight excluding hydrogens is 124 g/mol. The predicted octanol–water partition coefficient (Wildman–Crippen LogP) is 2.49. The van der Waals surface area contributed by atoms with Crippen LogP contribution in [0.4, 0.5) is 0 Å². The van der Waals surface area contributed by atoms with Crippen molar-refractivity contribution in [1.29, 1.82) is 0 Å². The van der Waals surface area contributed by atoms with Gasteiger partial charge in [-0.25, -0.2) is 0 Å². The zero-order valence-corrected chi connectivity index (χ0v) is 6.06. The van der Waals surface area contributed by atoms with Crippen molar-refractivity contribution in [3.8, 4) is 0 Å². The second-order valence-electron chi connectivity index (χ2n) is 2.18. The average Bonchev–Trinajstić information content (AvgIpc) is 1.94. The highest BCUT2D eigenvalue weighted by molar-refractivity contribution is 5.99. The van der Waals surface area contributed by atoms with Gasteiger partial charge in [0.05, 0.1) is 0 Å². The molecule has 0 aromatic heterocycles. The van der Waals surface area contributed by atoms with Crippen molar-refractivity contribution in [2.75, 3.05) is 0 Å². The largest absolute Gasteiger partial charge is 0.290 e. The first kappa shape index (κ1) is 3.04. The third-order valence-electron chi connectivity index (χ3n) is 0.718. The molecule has 0 unspecified atom stereocenters. The third-order valence-corrected chi connectivity index (χ3v) is 0.718. The summed E-state index contributed by atoms with van der Waals surface area (Å²) in [6.07, 6.45) is 1.87. The standard InChI is InChI=1S/C9H14O/c1-7(2)5-9(10)6-8(3)4/h5-6H,1-4H3/i1D3,2D3. The van der Waals surface area contributed by atoms with Gasteiger partial charge in [0.25, 0.3) is 0 Å². The first-order valence-electron chi connectivity index (χ1n) is 5.86. The monoisotopic (exact) mass is 144 g/mol. The summed E-state index contributed by atoms with van der Waals surface area (Å²) in [7, 11) is 0. The Bertz CT molecular complexity index is 311. The maximum atomic E-state index is 11.3. The highest BCUT2D eigenvalue weighted by Crippen LogP contribution is 1.94. The molecule has 1 heteroatoms. The van der Waals surface area contributed by atoms with E-state index < -0.39 is 25.1 Å². The molecule has 0 aliphatic rings. The molecule has 0 heterocycles. The Kier molecular flexibility index (Phi) is 1.23. The van der Waals surface area contributed by atoms with Crippen LogP contribution in [0.15, 0.2) is 23.3 Å². The number of carbonyl (C=O) groups excluding carboxylic acids is 1. The molecule has 0 atom stereocenters. The van der Waals surface area contributed by atoms with Crippen LogP contribution in [0.25, 0.3) is 0 Å². The van der Waals surface area contributed by atoms with E-state index in [2.05, 4.69) is 0 Å². The van der Waals surface area contributed by atoms with E-state index in [1.54, 1.807) is 13.8 Å². The highest BCUT2D eigenvalue weighted by atomic mass is 16.1. The number of ketones is 1. The molecule has 0 aliphatic heterocycles. The zero-order chi connectivity index (χ0) is 13.1. The molecule has 0 aromatic carbocycles. The van der Waals surface area contributed by atoms with Crippen LogP contribution in [0.1, 0.15) is 35.8 Å². The quantitative estimate of drug-likeness (QED) is 0.544. The summed E-state index contributed by atoms with van der Waals surface area (Å²) in [6.45, 7) is -2.24. The maximum absolute atomic E-state index is 11.3. The SMILES string of the molecule is [2H]C([2H])([2H])C(=CC(=O)C=C(C)C)C([2H])([2H])[2H]. The smallest absolute Gasteiger partial charge is 0.178 e. The van der Waals surface area contributed by atoms with Crippen LogP contribution in [-0.2, 0) is 4.79 Å². The number of rotatable bonds is 2. The molecule has 0 amide bonds. The second kappa shape index (κ2) is 4.04. The molecule has 56 valence electrons. The first-order chi connectivity index (χ1) is 6.94. The molecule has 0 saturated carbocycles. The summed E-state index contributed by atoms with van der Waals surface area (Å²) < 4.78 is 42.3. The molecule has 10 heavy (non-hydrogen) atoms. The molecule has 0 N–H and O–H groups in total. The number of hydrogen-bond donors (Lipinski definition) is 0. The number of hydrogen-bond acceptors (Lipinski definition) is 1. The van der Waals surface area contributed by atoms with Crippen LogP contribution in [0.2, 0.25) is 0 Å². The summed E-state index contributed by atoms with van der Waals surface area (Å²) in [5.41, 5.74) is -0.126. The molecule has 1 nitrogen and oxygen atoms in total. The summed E-state index contributed by atoms with van der Waals surface area (Å²) >= 11 is 0. The summed E-state index contributed by atoms with van der Waals surface area (Å²) in [5.74, 6) is -0.623. The van der Waals surface area contributed by atoms with Crippen molar-refractivity contribution >= 4 is 5.78 Å². The molecule has 0 saturated heterocycles. The van der Waals surface area contributed by atoms with Gasteiger partial charge in [-0.15, -0.1) is 0 Å². The van der Waals surface area contributed by atoms with Gasteiger partial charge in [0.15, 0.2) is 5.78 Å². The van der Waals surface area contributed by atoms with E-state index in [9.17, 15) is 4.79 Å². The van der Waals surface area contributed by atoms with Gasteiger partial charge < -0.3 is 0 Å². The molecular formula is C9H14O. The third kappa shape index (κ3) is 5.29. The van der Waals surface area contributed by atoms with Crippen molar-refractivity contribution in [2.24, 2.45) is 0 Å². The first-order valence-corrected chi connectivity index (χ1v) is 2.86. The van der Waals surface area contributed by atoms with Gasteiger partial charge >= 0.3 is 0 Å². The van der Waals surface area contributed by atoms with Crippen LogP contribution >= 0.6 is 0 Å². The van der Waals surface area contributed by atoms with Gasteiger partial charge in [-0.05, 0) is 39.7 Å². The maximum Gasteiger partial charge on any atom is 0.178 e. The fraction of sp³-hybridized carbons (Fsp3) is 0.444. The summed E-state index contributed by atoms with van der Waals surface area (Å²) in [4.78, 5) is 11.3. The molecule has 0 rings (SSSR count). The van der Waals surface area contributed by atoms with Crippen LogP contribution in [0.3, 0.4) is 0 Å². The van der Waals surface area contributed by atoms with Gasteiger partial charge in [0.1, 0.15) is 0 Å². The highest BCUT2D eigenvalue weighted by Gasteiger charge is 1.89. The molecule has 0 bridgehead atoms. The van der Waals surface area contributed by atoms with Gasteiger partial charge in [0, 0.05) is 8.22 Å². The average molecular weight is 144 g/mol. The lowest BCUT2D eigenvalue weighted by molar-refractivity contribution is -0.110. The summed E-state index contributed by atoms with van der Waals surface area (Å²) in [5, 5.41) is 0. The van der Waals surface area contributed by atoms with Crippen molar-refractivity contribution < 1.29 is 13.0 Å². The minimum Gasteiger partial charge on any atom is -0.290 e. The van der Waals surface area contributed by atoms with E-state index in [1.165, 1.54) is 6.08 Å². The van der Waals surface area contributed by atoms with Crippen molar-refractivity contribution in [3.05, 3.63) is 23.3 Å². The minimum atomic E-state index is -2.78. The van der Waals surface area contributed by atoms with Crippen LogP contribution in [-0.4, -0.2) is 5.78 Å². The number of carbonyl (C=O) groups is 1. The van der Waals surface area contributed by atoms with Crippen molar-refractivity contribution in [3.63, 3.8) is 0 Å².